The van der Waals surface area contributed by atoms with Gasteiger partial charge in [-0.15, -0.1) is 0 Å². The molecule has 0 radical (unpaired) electrons. The Labute approximate surface area is 238 Å². The summed E-state index contributed by atoms with van der Waals surface area (Å²) in [5.41, 5.74) is 3.05. The van der Waals surface area contributed by atoms with Crippen LogP contribution in [0.3, 0.4) is 0 Å². The maximum absolute atomic E-state index is 4.68. The van der Waals surface area contributed by atoms with E-state index in [1.54, 1.807) is 5.56 Å². The predicted molar refractivity (Wildman–Crippen MR) is 173 cm³/mol. The van der Waals surface area contributed by atoms with Gasteiger partial charge in [0.05, 0.1) is 0 Å². The molecule has 1 saturated carbocycles. The van der Waals surface area contributed by atoms with Gasteiger partial charge in [0.1, 0.15) is 0 Å². The first kappa shape index (κ1) is 27.4. The van der Waals surface area contributed by atoms with E-state index < -0.39 is 5.31 Å². The minimum atomic E-state index is -2.84. The van der Waals surface area contributed by atoms with Crippen LogP contribution in [-0.4, -0.2) is 6.16 Å². The Balaban J connectivity index is 1.41. The number of halogens is 1. The van der Waals surface area contributed by atoms with Crippen molar-refractivity contribution in [1.29, 1.82) is 0 Å². The average Bonchev–Trinajstić information content (AvgIpc) is 2.99. The average molecular weight is 586 g/mol. The van der Waals surface area contributed by atoms with Gasteiger partial charge in [-0.2, -0.15) is 0 Å². The first-order valence-corrected chi connectivity index (χ1v) is 19.0. The summed E-state index contributed by atoms with van der Waals surface area (Å²) in [5.74, 6) is 1.39. The van der Waals surface area contributed by atoms with E-state index in [0.29, 0.717) is 11.8 Å². The molecule has 0 spiro atoms. The van der Waals surface area contributed by atoms with Crippen molar-refractivity contribution in [3.05, 3.63) is 126 Å². The fourth-order valence-corrected chi connectivity index (χ4v) is 15.3. The minimum absolute atomic E-state index is 0.692. The summed E-state index contributed by atoms with van der Waals surface area (Å²) in [7, 11) is 0. The zero-order valence-corrected chi connectivity index (χ0v) is 25.3. The van der Waals surface area contributed by atoms with E-state index in [1.807, 2.05) is 0 Å². The van der Waals surface area contributed by atoms with Crippen LogP contribution in [0.1, 0.15) is 68.9 Å². The Morgan fingerprint density at radius 1 is 0.605 bits per heavy atom. The van der Waals surface area contributed by atoms with E-state index in [0.717, 1.165) is 0 Å². The topological polar surface area (TPSA) is 0 Å². The summed E-state index contributed by atoms with van der Waals surface area (Å²) in [4.78, 5) is 0. The van der Waals surface area contributed by atoms with E-state index in [4.69, 9.17) is 0 Å². The molecule has 4 aromatic carbocycles. The van der Waals surface area contributed by atoms with Crippen LogP contribution >= 0.6 is 20.8 Å². The van der Waals surface area contributed by atoms with E-state index in [9.17, 15) is 0 Å². The van der Waals surface area contributed by atoms with Gasteiger partial charge in [-0.05, 0) is 0 Å². The third-order valence-electron chi connectivity index (χ3n) is 8.85. The summed E-state index contributed by atoms with van der Waals surface area (Å²) in [6.07, 6.45) is 11.5. The summed E-state index contributed by atoms with van der Waals surface area (Å²) < 4.78 is 0. The van der Waals surface area contributed by atoms with Crippen molar-refractivity contribution in [2.45, 2.75) is 64.2 Å². The Hall–Kier alpha value is -2.21. The van der Waals surface area contributed by atoms with E-state index >= 15 is 0 Å². The third-order valence-corrected chi connectivity index (χ3v) is 18.7. The van der Waals surface area contributed by atoms with Gasteiger partial charge in [0.2, 0.25) is 0 Å². The molecule has 4 aromatic rings. The second-order valence-corrected chi connectivity index (χ2v) is 20.3. The molecule has 0 aliphatic heterocycles. The van der Waals surface area contributed by atoms with Crippen LogP contribution in [0.2, 0.25) is 0 Å². The Morgan fingerprint density at radius 3 is 1.53 bits per heavy atom. The van der Waals surface area contributed by atoms with E-state index in [2.05, 4.69) is 138 Å². The number of aryl methyl sites for hydroxylation is 1. The van der Waals surface area contributed by atoms with Crippen molar-refractivity contribution in [3.8, 4) is 0 Å². The molecule has 0 N–H and O–H groups in total. The predicted octanol–water partition coefficient (Wildman–Crippen LogP) is 9.53. The van der Waals surface area contributed by atoms with Gasteiger partial charge >= 0.3 is 226 Å². The van der Waals surface area contributed by atoms with Gasteiger partial charge in [0.25, 0.3) is 0 Å². The molecule has 1 fully saturated rings. The molecule has 0 saturated heterocycles. The molecule has 0 heterocycles. The maximum atomic E-state index is 4.68. The van der Waals surface area contributed by atoms with Crippen LogP contribution < -0.4 is 15.9 Å². The summed E-state index contributed by atoms with van der Waals surface area (Å²) >= 11 is 4.68. The van der Waals surface area contributed by atoms with Crippen LogP contribution in [0.4, 0.5) is 0 Å². The molecular formula is C36H42BrP. The Morgan fingerprint density at radius 2 is 1.08 bits per heavy atom. The van der Waals surface area contributed by atoms with Crippen LogP contribution in [0, 0.1) is 5.92 Å². The molecule has 0 atom stereocenters. The Bertz CT molecular complexity index is 1160. The fourth-order valence-electron chi connectivity index (χ4n) is 6.68. The molecule has 1 aliphatic rings. The summed E-state index contributed by atoms with van der Waals surface area (Å²) in [6.45, 7) is 2.28. The standard InChI is InChI=1S/C36H42BrP/c1-2-3-7-14-30-21-25-32(26-22-30)33-27-23-31(24-28-33)29-38(37,34-15-8-4-9-16-34,35-17-10-5-11-18-35)36-19-12-6-13-20-36/h4-6,8-13,15-22,25-26,31,33H,2-3,7,14,23-24,27-29H2,1H3. The molecule has 1 aliphatic carbocycles. The van der Waals surface area contributed by atoms with Gasteiger partial charge in [-0.3, -0.25) is 0 Å². The van der Waals surface area contributed by atoms with Gasteiger partial charge in [0.15, 0.2) is 0 Å². The van der Waals surface area contributed by atoms with Crippen LogP contribution in [0.15, 0.2) is 115 Å². The third kappa shape index (κ3) is 5.57. The Kier molecular flexibility index (Phi) is 8.87. The zero-order valence-electron chi connectivity index (χ0n) is 22.8. The van der Waals surface area contributed by atoms with Gasteiger partial charge < -0.3 is 0 Å². The van der Waals surface area contributed by atoms with Crippen molar-refractivity contribution in [3.63, 3.8) is 0 Å². The molecule has 5 rings (SSSR count). The van der Waals surface area contributed by atoms with Crippen molar-refractivity contribution >= 4 is 36.7 Å². The van der Waals surface area contributed by atoms with Crippen molar-refractivity contribution in [2.24, 2.45) is 5.92 Å². The number of rotatable bonds is 10. The molecule has 0 amide bonds. The van der Waals surface area contributed by atoms with Crippen molar-refractivity contribution < 1.29 is 0 Å². The second kappa shape index (κ2) is 12.3. The second-order valence-electron chi connectivity index (χ2n) is 11.3. The molecule has 0 unspecified atom stereocenters. The first-order chi connectivity index (χ1) is 18.6. The van der Waals surface area contributed by atoms with Gasteiger partial charge in [-0.1, -0.05) is 13.3 Å². The number of benzene rings is 4. The number of hydrogen-bond donors (Lipinski definition) is 0. The van der Waals surface area contributed by atoms with Crippen LogP contribution in [-0.2, 0) is 6.42 Å². The fraction of sp³-hybridized carbons (Fsp3) is 0.333. The molecule has 0 nitrogen and oxygen atoms in total. The quantitative estimate of drug-likeness (QED) is 0.128. The normalized spacial score (nSPS) is 18.9. The van der Waals surface area contributed by atoms with Crippen LogP contribution in [0.25, 0.3) is 0 Å². The SMILES string of the molecule is CCCCCc1ccc(C2CCC(CP(Br)(c3ccccc3)(c3ccccc3)c3ccccc3)CC2)cc1. The molecule has 0 bridgehead atoms. The molecule has 0 aromatic heterocycles. The molecule has 198 valence electrons. The van der Waals surface area contributed by atoms with Gasteiger partial charge in [-0.25, -0.2) is 0 Å². The van der Waals surface area contributed by atoms with E-state index in [-0.39, 0.29) is 0 Å². The van der Waals surface area contributed by atoms with Crippen molar-refractivity contribution in [2.75, 3.05) is 6.16 Å². The van der Waals surface area contributed by atoms with Crippen molar-refractivity contribution in [1.82, 2.24) is 0 Å². The monoisotopic (exact) mass is 584 g/mol. The molecule has 2 heteroatoms. The number of hydrogen-bond acceptors (Lipinski definition) is 0. The van der Waals surface area contributed by atoms with Crippen LogP contribution in [0.5, 0.6) is 0 Å². The van der Waals surface area contributed by atoms with E-state index in [1.165, 1.54) is 79.0 Å². The first-order valence-electron chi connectivity index (χ1n) is 14.6. The zero-order chi connectivity index (χ0) is 26.3. The van der Waals surface area contributed by atoms with Gasteiger partial charge in [0, 0.05) is 0 Å². The summed E-state index contributed by atoms with van der Waals surface area (Å²) in [5, 5.41) is 1.48. The molecule has 38 heavy (non-hydrogen) atoms. The molecular weight excluding hydrogens is 543 g/mol. The number of unbranched alkanes of at least 4 members (excludes halogenated alkanes) is 2. The summed E-state index contributed by atoms with van der Waals surface area (Å²) in [6, 6.07) is 43.5.